The Bertz CT molecular complexity index is 926. The fourth-order valence-electron chi connectivity index (χ4n) is 5.14. The van der Waals surface area contributed by atoms with Crippen molar-refractivity contribution in [2.24, 2.45) is 0 Å². The molecule has 3 rings (SSSR count). The number of hydrogen-bond acceptors (Lipinski definition) is 11. The minimum atomic E-state index is -0.702. The second-order valence-electron chi connectivity index (χ2n) is 10.8. The average molecular weight is 645 g/mol. The summed E-state index contributed by atoms with van der Waals surface area (Å²) < 4.78 is 21.6. The number of hydrogen-bond donors (Lipinski definition) is 2. The van der Waals surface area contributed by atoms with Gasteiger partial charge in [0.1, 0.15) is 0 Å². The Balaban J connectivity index is 1.04. The van der Waals surface area contributed by atoms with Crippen LogP contribution < -0.4 is 10.6 Å². The van der Waals surface area contributed by atoms with E-state index in [-0.39, 0.29) is 56.5 Å². The van der Waals surface area contributed by atoms with Crippen molar-refractivity contribution in [3.05, 3.63) is 0 Å². The molecule has 250 valence electrons. The maximum Gasteiger partial charge on any atom is 0.335 e. The van der Waals surface area contributed by atoms with Crippen molar-refractivity contribution in [1.29, 1.82) is 0 Å². The van der Waals surface area contributed by atoms with Crippen LogP contribution in [0.25, 0.3) is 0 Å². The molecule has 0 aliphatic carbocycles. The Morgan fingerprint density at radius 2 is 1.50 bits per heavy atom. The molecule has 3 fully saturated rings. The molecule has 0 radical (unpaired) electrons. The lowest BCUT2D eigenvalue weighted by atomic mass is 10.0. The van der Waals surface area contributed by atoms with E-state index in [0.29, 0.717) is 62.9 Å². The van der Waals surface area contributed by atoms with Crippen molar-refractivity contribution < 1.29 is 47.8 Å². The van der Waals surface area contributed by atoms with E-state index in [1.165, 1.54) is 0 Å². The summed E-state index contributed by atoms with van der Waals surface area (Å²) in [4.78, 5) is 65.7. The smallest absolute Gasteiger partial charge is 0.335 e. The predicted octanol–water partition coefficient (Wildman–Crippen LogP) is 1.40. The molecule has 2 N–H and O–H groups in total. The number of hydroxylamine groups is 2. The van der Waals surface area contributed by atoms with Gasteiger partial charge in [-0.3, -0.25) is 14.4 Å². The van der Waals surface area contributed by atoms with Gasteiger partial charge < -0.3 is 39.3 Å². The molecular formula is C29H48N4O10S. The van der Waals surface area contributed by atoms with Crippen LogP contribution in [-0.2, 0) is 43.0 Å². The quantitative estimate of drug-likeness (QED) is 0.0888. The Morgan fingerprint density at radius 1 is 0.864 bits per heavy atom. The zero-order valence-corrected chi connectivity index (χ0v) is 26.6. The standard InChI is InChI=1S/C29H48N4O10S/c1-2-3-12-32-28-22(31-29(32)38)21-44-23(28)6-4-5-7-24(34)30-11-14-40-16-18-42-20-19-41-17-15-39-13-10-27(37)43-33-25(35)8-9-26(33)36/h22-23,28H,2-21H2,1H3,(H,30,34)(H,31,38)/t22-,23-,28-/m0/s1. The molecule has 0 aromatic rings. The van der Waals surface area contributed by atoms with Gasteiger partial charge in [0.05, 0.1) is 71.4 Å². The van der Waals surface area contributed by atoms with E-state index in [1.807, 2.05) is 16.7 Å². The number of amides is 5. The first-order valence-corrected chi connectivity index (χ1v) is 16.8. The molecule has 0 aromatic carbocycles. The minimum Gasteiger partial charge on any atom is -0.378 e. The second-order valence-corrected chi connectivity index (χ2v) is 12.1. The number of urea groups is 1. The number of thioether (sulfide) groups is 1. The van der Waals surface area contributed by atoms with Crippen molar-refractivity contribution in [1.82, 2.24) is 20.6 Å². The van der Waals surface area contributed by atoms with Gasteiger partial charge in [-0.15, -0.1) is 5.06 Å². The third kappa shape index (κ3) is 12.5. The van der Waals surface area contributed by atoms with Gasteiger partial charge in [0.15, 0.2) is 0 Å². The molecule has 3 heterocycles. The predicted molar refractivity (Wildman–Crippen MR) is 161 cm³/mol. The van der Waals surface area contributed by atoms with Crippen molar-refractivity contribution in [2.75, 3.05) is 71.7 Å². The van der Waals surface area contributed by atoms with E-state index in [0.717, 1.165) is 44.4 Å². The van der Waals surface area contributed by atoms with E-state index in [9.17, 15) is 24.0 Å². The van der Waals surface area contributed by atoms with Crippen molar-refractivity contribution in [3.63, 3.8) is 0 Å². The van der Waals surface area contributed by atoms with Gasteiger partial charge in [-0.25, -0.2) is 9.59 Å². The number of unbranched alkanes of at least 4 members (excludes halogenated alkanes) is 2. The number of carbonyl (C=O) groups is 5. The summed E-state index contributed by atoms with van der Waals surface area (Å²) in [6.45, 7) is 6.14. The molecule has 0 bridgehead atoms. The molecule has 0 unspecified atom stereocenters. The molecule has 44 heavy (non-hydrogen) atoms. The van der Waals surface area contributed by atoms with Gasteiger partial charge in [0.2, 0.25) is 5.91 Å². The summed E-state index contributed by atoms with van der Waals surface area (Å²) in [5.41, 5.74) is 0. The maximum absolute atomic E-state index is 12.3. The van der Waals surface area contributed by atoms with E-state index in [1.54, 1.807) is 0 Å². The summed E-state index contributed by atoms with van der Waals surface area (Å²) in [5, 5.41) is 6.98. The third-order valence-electron chi connectivity index (χ3n) is 7.44. The van der Waals surface area contributed by atoms with Gasteiger partial charge in [0, 0.05) is 43.4 Å². The monoisotopic (exact) mass is 644 g/mol. The molecule has 15 heteroatoms. The number of ether oxygens (including phenoxy) is 4. The molecule has 0 saturated carbocycles. The molecular weight excluding hydrogens is 596 g/mol. The van der Waals surface area contributed by atoms with Crippen LogP contribution in [-0.4, -0.2) is 129 Å². The Labute approximate surface area is 263 Å². The summed E-state index contributed by atoms with van der Waals surface area (Å²) in [6.07, 6.45) is 5.45. The van der Waals surface area contributed by atoms with Gasteiger partial charge in [-0.05, 0) is 19.3 Å². The van der Waals surface area contributed by atoms with E-state index >= 15 is 0 Å². The van der Waals surface area contributed by atoms with Crippen LogP contribution in [0.5, 0.6) is 0 Å². The second kappa shape index (κ2) is 20.5. The highest BCUT2D eigenvalue weighted by atomic mass is 32.2. The molecule has 5 amide bonds. The first-order chi connectivity index (χ1) is 21.4. The number of rotatable bonds is 24. The number of carbonyl (C=O) groups excluding carboxylic acids is 5. The zero-order chi connectivity index (χ0) is 31.6. The van der Waals surface area contributed by atoms with Crippen molar-refractivity contribution in [2.45, 2.75) is 82.0 Å². The number of fused-ring (bicyclic) bond motifs is 1. The maximum atomic E-state index is 12.3. The first-order valence-electron chi connectivity index (χ1n) is 15.7. The fraction of sp³-hybridized carbons (Fsp3) is 0.828. The highest BCUT2D eigenvalue weighted by Gasteiger charge is 2.47. The fourth-order valence-corrected chi connectivity index (χ4v) is 6.75. The molecule has 14 nitrogen and oxygen atoms in total. The Morgan fingerprint density at radius 3 is 2.16 bits per heavy atom. The van der Waals surface area contributed by atoms with Crippen LogP contribution in [0.1, 0.15) is 64.7 Å². The Hall–Kier alpha value is -2.46. The van der Waals surface area contributed by atoms with Crippen LogP contribution in [0.15, 0.2) is 0 Å². The van der Waals surface area contributed by atoms with Gasteiger partial charge in [0.25, 0.3) is 11.8 Å². The number of nitrogens with one attached hydrogen (secondary N) is 2. The highest BCUT2D eigenvalue weighted by Crippen LogP contribution is 2.37. The summed E-state index contributed by atoms with van der Waals surface area (Å²) in [5.74, 6) is -0.727. The molecule has 0 aromatic heterocycles. The lowest BCUT2D eigenvalue weighted by molar-refractivity contribution is -0.198. The number of nitrogens with zero attached hydrogens (tertiary/aromatic N) is 2. The molecule has 3 atom stereocenters. The summed E-state index contributed by atoms with van der Waals surface area (Å²) in [7, 11) is 0. The van der Waals surface area contributed by atoms with Crippen LogP contribution in [0.3, 0.4) is 0 Å². The summed E-state index contributed by atoms with van der Waals surface area (Å²) >= 11 is 1.94. The van der Waals surface area contributed by atoms with Crippen LogP contribution in [0.2, 0.25) is 0 Å². The molecule has 3 aliphatic rings. The van der Waals surface area contributed by atoms with E-state index in [4.69, 9.17) is 23.8 Å². The molecule has 3 saturated heterocycles. The van der Waals surface area contributed by atoms with E-state index in [2.05, 4.69) is 17.6 Å². The summed E-state index contributed by atoms with van der Waals surface area (Å²) in [6, 6.07) is 0.615. The highest BCUT2D eigenvalue weighted by molar-refractivity contribution is 8.00. The normalized spacial score (nSPS) is 21.2. The SMILES string of the molecule is CCCCN1C(=O)N[C@H]2CS[C@@H](CCCCC(=O)NCCOCCOCCOCCOCCC(=O)ON3C(=O)CCC3=O)[C@H]21. The lowest BCUT2D eigenvalue weighted by Crippen LogP contribution is -2.41. The topological polar surface area (TPSA) is 162 Å². The van der Waals surface area contributed by atoms with E-state index < -0.39 is 17.8 Å². The van der Waals surface area contributed by atoms with Crippen LogP contribution >= 0.6 is 11.8 Å². The largest absolute Gasteiger partial charge is 0.378 e. The lowest BCUT2D eigenvalue weighted by Gasteiger charge is -2.27. The molecule has 0 spiro atoms. The van der Waals surface area contributed by atoms with Crippen LogP contribution in [0.4, 0.5) is 4.79 Å². The Kier molecular flexibility index (Phi) is 16.8. The minimum absolute atomic E-state index is 0.0280. The van der Waals surface area contributed by atoms with Crippen molar-refractivity contribution >= 4 is 41.5 Å². The van der Waals surface area contributed by atoms with Crippen LogP contribution in [0, 0.1) is 0 Å². The van der Waals surface area contributed by atoms with Crippen molar-refractivity contribution in [3.8, 4) is 0 Å². The number of imide groups is 1. The third-order valence-corrected chi connectivity index (χ3v) is 8.94. The average Bonchev–Trinajstić information content (AvgIpc) is 3.65. The first kappa shape index (κ1) is 36.0. The van der Waals surface area contributed by atoms with Gasteiger partial charge in [-0.2, -0.15) is 11.8 Å². The molecule has 3 aliphatic heterocycles. The van der Waals surface area contributed by atoms with Gasteiger partial charge >= 0.3 is 12.0 Å². The zero-order valence-electron chi connectivity index (χ0n) is 25.8. The van der Waals surface area contributed by atoms with Gasteiger partial charge in [-0.1, -0.05) is 19.8 Å².